The number of hydrogen-bond acceptors (Lipinski definition) is 3. The molecule has 1 aliphatic rings. The fourth-order valence-electron chi connectivity index (χ4n) is 3.65. The van der Waals surface area contributed by atoms with Crippen molar-refractivity contribution >= 4 is 22.6 Å². The molecule has 0 atom stereocenters. The van der Waals surface area contributed by atoms with Crippen molar-refractivity contribution in [1.29, 1.82) is 0 Å². The number of anilines is 1. The van der Waals surface area contributed by atoms with Gasteiger partial charge in [-0.1, -0.05) is 30.3 Å². The summed E-state index contributed by atoms with van der Waals surface area (Å²) in [6.07, 6.45) is 3.34. The van der Waals surface area contributed by atoms with Gasteiger partial charge >= 0.3 is 0 Å². The minimum absolute atomic E-state index is 0.189. The van der Waals surface area contributed by atoms with Crippen LogP contribution in [0.5, 0.6) is 0 Å². The zero-order valence-electron chi connectivity index (χ0n) is 14.7. The molecule has 2 aromatic carbocycles. The quantitative estimate of drug-likeness (QED) is 0.592. The summed E-state index contributed by atoms with van der Waals surface area (Å²) in [6.45, 7) is 0.786. The molecule has 0 spiro atoms. The number of aromatic amines is 1. The Morgan fingerprint density at radius 3 is 2.59 bits per heavy atom. The summed E-state index contributed by atoms with van der Waals surface area (Å²) in [5.41, 5.74) is 5.70. The number of fused-ring (bicyclic) bond motifs is 1. The Balaban J connectivity index is 1.60. The van der Waals surface area contributed by atoms with E-state index in [2.05, 4.69) is 16.0 Å². The Labute approximate surface area is 156 Å². The fourth-order valence-corrected chi connectivity index (χ4v) is 3.65. The molecular formula is C22H18N4O. The third-order valence-corrected chi connectivity index (χ3v) is 4.97. The summed E-state index contributed by atoms with van der Waals surface area (Å²) < 4.78 is 0. The van der Waals surface area contributed by atoms with Crippen molar-refractivity contribution in [2.45, 2.75) is 12.8 Å². The average molecular weight is 354 g/mol. The number of carbonyl (C=O) groups is 1. The second-order valence-corrected chi connectivity index (χ2v) is 6.70. The molecule has 5 heteroatoms. The Hall–Kier alpha value is -3.47. The molecule has 1 saturated heterocycles. The molecule has 2 aromatic heterocycles. The molecule has 0 aliphatic carbocycles. The number of rotatable bonds is 3. The molecule has 27 heavy (non-hydrogen) atoms. The lowest BCUT2D eigenvalue weighted by atomic mass is 10.0. The summed E-state index contributed by atoms with van der Waals surface area (Å²) in [4.78, 5) is 26.6. The van der Waals surface area contributed by atoms with Crippen LogP contribution in [0.25, 0.3) is 33.7 Å². The van der Waals surface area contributed by atoms with E-state index in [4.69, 9.17) is 4.98 Å². The molecule has 132 valence electrons. The van der Waals surface area contributed by atoms with Gasteiger partial charge in [-0.2, -0.15) is 0 Å². The zero-order valence-corrected chi connectivity index (χ0v) is 14.7. The van der Waals surface area contributed by atoms with E-state index >= 15 is 0 Å². The number of imidazole rings is 1. The number of benzene rings is 2. The van der Waals surface area contributed by atoms with Gasteiger partial charge in [0.15, 0.2) is 0 Å². The van der Waals surface area contributed by atoms with Crippen molar-refractivity contribution in [3.63, 3.8) is 0 Å². The monoisotopic (exact) mass is 354 g/mol. The van der Waals surface area contributed by atoms with Crippen LogP contribution in [0, 0.1) is 0 Å². The number of pyridine rings is 1. The second kappa shape index (κ2) is 6.36. The first kappa shape index (κ1) is 15.8. The van der Waals surface area contributed by atoms with E-state index in [1.807, 2.05) is 59.5 Å². The summed E-state index contributed by atoms with van der Waals surface area (Å²) in [5.74, 6) is 0.991. The van der Waals surface area contributed by atoms with Crippen LogP contribution >= 0.6 is 0 Å². The molecule has 5 rings (SSSR count). The average Bonchev–Trinajstić information content (AvgIpc) is 3.34. The third kappa shape index (κ3) is 2.77. The molecule has 1 aliphatic heterocycles. The zero-order chi connectivity index (χ0) is 18.2. The third-order valence-electron chi connectivity index (χ3n) is 4.97. The number of aromatic nitrogens is 3. The van der Waals surface area contributed by atoms with E-state index in [1.54, 1.807) is 6.20 Å². The molecule has 0 saturated carbocycles. The van der Waals surface area contributed by atoms with Crippen LogP contribution in [-0.4, -0.2) is 27.4 Å². The van der Waals surface area contributed by atoms with Gasteiger partial charge in [0.05, 0.1) is 16.7 Å². The van der Waals surface area contributed by atoms with Crippen molar-refractivity contribution in [2.24, 2.45) is 0 Å². The molecule has 0 bridgehead atoms. The lowest BCUT2D eigenvalue weighted by Crippen LogP contribution is -2.23. The molecule has 5 nitrogen and oxygen atoms in total. The van der Waals surface area contributed by atoms with Crippen LogP contribution in [0.3, 0.4) is 0 Å². The minimum atomic E-state index is 0.189. The molecule has 1 fully saturated rings. The molecule has 0 radical (unpaired) electrons. The maximum atomic E-state index is 12.0. The largest absolute Gasteiger partial charge is 0.338 e. The Morgan fingerprint density at radius 1 is 0.963 bits per heavy atom. The van der Waals surface area contributed by atoms with Crippen molar-refractivity contribution in [2.75, 3.05) is 11.4 Å². The maximum absolute atomic E-state index is 12.0. The predicted molar refractivity (Wildman–Crippen MR) is 106 cm³/mol. The first-order valence-corrected chi connectivity index (χ1v) is 9.10. The fraction of sp³-hybridized carbons (Fsp3) is 0.136. The van der Waals surface area contributed by atoms with Crippen LogP contribution in [0.2, 0.25) is 0 Å². The maximum Gasteiger partial charge on any atom is 0.227 e. The van der Waals surface area contributed by atoms with Gasteiger partial charge < -0.3 is 9.88 Å². The number of nitrogens with one attached hydrogen (secondary N) is 1. The van der Waals surface area contributed by atoms with E-state index in [0.29, 0.717) is 6.42 Å². The van der Waals surface area contributed by atoms with Gasteiger partial charge in [-0.3, -0.25) is 9.78 Å². The molecular weight excluding hydrogens is 336 g/mol. The summed E-state index contributed by atoms with van der Waals surface area (Å²) in [6, 6.07) is 20.0. The van der Waals surface area contributed by atoms with Crippen molar-refractivity contribution in [1.82, 2.24) is 15.0 Å². The first-order chi connectivity index (χ1) is 13.3. The minimum Gasteiger partial charge on any atom is -0.338 e. The topological polar surface area (TPSA) is 61.9 Å². The van der Waals surface area contributed by atoms with E-state index < -0.39 is 0 Å². The van der Waals surface area contributed by atoms with Gasteiger partial charge in [-0.25, -0.2) is 4.98 Å². The van der Waals surface area contributed by atoms with Crippen LogP contribution in [-0.2, 0) is 4.79 Å². The number of amides is 1. The molecule has 1 amide bonds. The molecule has 3 heterocycles. The van der Waals surface area contributed by atoms with Crippen molar-refractivity contribution in [3.8, 4) is 22.6 Å². The van der Waals surface area contributed by atoms with Gasteiger partial charge in [0.25, 0.3) is 0 Å². The van der Waals surface area contributed by atoms with E-state index in [9.17, 15) is 4.79 Å². The number of hydrogen-bond donors (Lipinski definition) is 1. The van der Waals surface area contributed by atoms with Gasteiger partial charge in [-0.15, -0.1) is 0 Å². The van der Waals surface area contributed by atoms with Gasteiger partial charge in [0.2, 0.25) is 5.91 Å². The molecule has 4 aromatic rings. The smallest absolute Gasteiger partial charge is 0.227 e. The van der Waals surface area contributed by atoms with Crippen LogP contribution in [0.15, 0.2) is 66.9 Å². The SMILES string of the molecule is O=C1CCCN1c1ccc2nc(-c3ccccc3-c3ccccn3)[nH]c2c1. The summed E-state index contributed by atoms with van der Waals surface area (Å²) in [7, 11) is 0. The van der Waals surface area contributed by atoms with Crippen molar-refractivity contribution in [3.05, 3.63) is 66.9 Å². The highest BCUT2D eigenvalue weighted by molar-refractivity contribution is 5.97. The molecule has 0 unspecified atom stereocenters. The Morgan fingerprint density at radius 2 is 1.81 bits per heavy atom. The lowest BCUT2D eigenvalue weighted by Gasteiger charge is -2.15. The lowest BCUT2D eigenvalue weighted by molar-refractivity contribution is -0.117. The van der Waals surface area contributed by atoms with Crippen LogP contribution in [0.1, 0.15) is 12.8 Å². The first-order valence-electron chi connectivity index (χ1n) is 9.10. The predicted octanol–water partition coefficient (Wildman–Crippen LogP) is 4.42. The van der Waals surface area contributed by atoms with Gasteiger partial charge in [0.1, 0.15) is 5.82 Å². The highest BCUT2D eigenvalue weighted by atomic mass is 16.2. The second-order valence-electron chi connectivity index (χ2n) is 6.70. The van der Waals surface area contributed by atoms with Crippen molar-refractivity contribution < 1.29 is 4.79 Å². The Kier molecular flexibility index (Phi) is 3.71. The summed E-state index contributed by atoms with van der Waals surface area (Å²) >= 11 is 0. The van der Waals surface area contributed by atoms with E-state index in [-0.39, 0.29) is 5.91 Å². The van der Waals surface area contributed by atoms with E-state index in [0.717, 1.165) is 52.3 Å². The standard InChI is InChI=1S/C22H18N4O/c27-21-9-5-13-26(21)15-10-11-19-20(14-15)25-22(24-19)17-7-2-1-6-16(17)18-8-3-4-12-23-18/h1-4,6-8,10-12,14H,5,9,13H2,(H,24,25). The normalized spacial score (nSPS) is 14.2. The summed E-state index contributed by atoms with van der Waals surface area (Å²) in [5, 5.41) is 0. The molecule has 1 N–H and O–H groups in total. The van der Waals surface area contributed by atoms with Crippen LogP contribution in [0.4, 0.5) is 5.69 Å². The highest BCUT2D eigenvalue weighted by Crippen LogP contribution is 2.31. The van der Waals surface area contributed by atoms with Gasteiger partial charge in [0, 0.05) is 36.0 Å². The Bertz CT molecular complexity index is 1130. The number of H-pyrrole nitrogens is 1. The van der Waals surface area contributed by atoms with Crippen LogP contribution < -0.4 is 4.90 Å². The van der Waals surface area contributed by atoms with E-state index in [1.165, 1.54) is 0 Å². The highest BCUT2D eigenvalue weighted by Gasteiger charge is 2.22. The number of nitrogens with zero attached hydrogens (tertiary/aromatic N) is 3. The number of carbonyl (C=O) groups excluding carboxylic acids is 1. The van der Waals surface area contributed by atoms with Gasteiger partial charge in [-0.05, 0) is 36.8 Å².